The van der Waals surface area contributed by atoms with Gasteiger partial charge in [0, 0.05) is 12.1 Å². The van der Waals surface area contributed by atoms with Gasteiger partial charge in [0.25, 0.3) is 5.91 Å². The van der Waals surface area contributed by atoms with Crippen molar-refractivity contribution >= 4 is 11.8 Å². The molecule has 0 aliphatic carbocycles. The third kappa shape index (κ3) is 6.76. The van der Waals surface area contributed by atoms with Gasteiger partial charge in [-0.1, -0.05) is 24.3 Å². The highest BCUT2D eigenvalue weighted by Crippen LogP contribution is 2.18. The van der Waals surface area contributed by atoms with Crippen LogP contribution in [-0.4, -0.2) is 42.0 Å². The molecule has 2 amide bonds. The fourth-order valence-electron chi connectivity index (χ4n) is 2.77. The summed E-state index contributed by atoms with van der Waals surface area (Å²) in [5, 5.41) is 2.89. The van der Waals surface area contributed by atoms with Crippen LogP contribution in [0.25, 0.3) is 0 Å². The number of amides is 2. The maximum absolute atomic E-state index is 13.8. The molecule has 1 atom stereocenters. The Morgan fingerprint density at radius 2 is 1.73 bits per heavy atom. The van der Waals surface area contributed by atoms with Crippen molar-refractivity contribution in [1.82, 2.24) is 10.2 Å². The fraction of sp³-hybridized carbons (Fsp3) is 0.391. The summed E-state index contributed by atoms with van der Waals surface area (Å²) in [4.78, 5) is 27.1. The Kier molecular flexibility index (Phi) is 7.80. The molecule has 0 saturated heterocycles. The lowest BCUT2D eigenvalue weighted by Gasteiger charge is -2.31. The molecule has 0 saturated carbocycles. The predicted molar refractivity (Wildman–Crippen MR) is 113 cm³/mol. The van der Waals surface area contributed by atoms with E-state index in [0.717, 1.165) is 5.56 Å². The lowest BCUT2D eigenvalue weighted by atomic mass is 10.1. The van der Waals surface area contributed by atoms with Gasteiger partial charge in [0.2, 0.25) is 5.91 Å². The zero-order valence-electron chi connectivity index (χ0n) is 18.1. The highest BCUT2D eigenvalue weighted by molar-refractivity contribution is 5.88. The molecule has 1 N–H and O–H groups in total. The molecule has 0 aliphatic heterocycles. The van der Waals surface area contributed by atoms with E-state index in [2.05, 4.69) is 5.32 Å². The first-order valence-corrected chi connectivity index (χ1v) is 9.72. The first-order valence-electron chi connectivity index (χ1n) is 9.72. The quantitative estimate of drug-likeness (QED) is 0.715. The average molecular weight is 416 g/mol. The smallest absolute Gasteiger partial charge is 0.261 e. The maximum atomic E-state index is 13.8. The molecule has 2 rings (SSSR count). The molecule has 2 aromatic carbocycles. The molecule has 162 valence electrons. The highest BCUT2D eigenvalue weighted by atomic mass is 19.1. The SMILES string of the molecule is COc1ccc(CN(C(=O)COc2ccccc2F)C(C)C(=O)NC(C)(C)C)cc1. The van der Waals surface area contributed by atoms with E-state index in [9.17, 15) is 14.0 Å². The van der Waals surface area contributed by atoms with E-state index in [4.69, 9.17) is 9.47 Å². The number of nitrogens with zero attached hydrogens (tertiary/aromatic N) is 1. The zero-order valence-corrected chi connectivity index (χ0v) is 18.1. The van der Waals surface area contributed by atoms with Crippen LogP contribution in [0.5, 0.6) is 11.5 Å². The number of carbonyl (C=O) groups is 2. The Morgan fingerprint density at radius 3 is 2.30 bits per heavy atom. The monoisotopic (exact) mass is 416 g/mol. The van der Waals surface area contributed by atoms with Crippen molar-refractivity contribution in [2.45, 2.75) is 45.8 Å². The number of carbonyl (C=O) groups excluding carboxylic acids is 2. The van der Waals surface area contributed by atoms with Gasteiger partial charge in [-0.2, -0.15) is 0 Å². The molecule has 0 spiro atoms. The number of para-hydroxylation sites is 1. The van der Waals surface area contributed by atoms with Crippen LogP contribution in [0.15, 0.2) is 48.5 Å². The molecule has 0 aliphatic rings. The average Bonchev–Trinajstić information content (AvgIpc) is 2.70. The Labute approximate surface area is 177 Å². The Balaban J connectivity index is 2.18. The molecule has 0 bridgehead atoms. The summed E-state index contributed by atoms with van der Waals surface area (Å²) in [6.07, 6.45) is 0. The summed E-state index contributed by atoms with van der Waals surface area (Å²) < 4.78 is 24.3. The molecule has 2 aromatic rings. The molecule has 6 nitrogen and oxygen atoms in total. The topological polar surface area (TPSA) is 67.9 Å². The van der Waals surface area contributed by atoms with Crippen molar-refractivity contribution in [3.8, 4) is 11.5 Å². The number of halogens is 1. The molecule has 1 unspecified atom stereocenters. The minimum absolute atomic E-state index is 0.0120. The second-order valence-corrected chi connectivity index (χ2v) is 8.00. The second-order valence-electron chi connectivity index (χ2n) is 8.00. The predicted octanol–water partition coefficient (Wildman–Crippen LogP) is 3.55. The van der Waals surface area contributed by atoms with Gasteiger partial charge >= 0.3 is 0 Å². The van der Waals surface area contributed by atoms with Crippen LogP contribution in [0.1, 0.15) is 33.3 Å². The van der Waals surface area contributed by atoms with Gasteiger partial charge in [-0.25, -0.2) is 4.39 Å². The van der Waals surface area contributed by atoms with Crippen molar-refractivity contribution < 1.29 is 23.5 Å². The molecular weight excluding hydrogens is 387 g/mol. The van der Waals surface area contributed by atoms with Crippen molar-refractivity contribution in [3.63, 3.8) is 0 Å². The van der Waals surface area contributed by atoms with Crippen molar-refractivity contribution in [1.29, 1.82) is 0 Å². The highest BCUT2D eigenvalue weighted by Gasteiger charge is 2.28. The number of hydrogen-bond acceptors (Lipinski definition) is 4. The van der Waals surface area contributed by atoms with Gasteiger partial charge in [-0.3, -0.25) is 9.59 Å². The third-order valence-electron chi connectivity index (χ3n) is 4.37. The van der Waals surface area contributed by atoms with Crippen molar-refractivity contribution in [2.24, 2.45) is 0 Å². The van der Waals surface area contributed by atoms with E-state index >= 15 is 0 Å². The van der Waals surface area contributed by atoms with Crippen molar-refractivity contribution in [2.75, 3.05) is 13.7 Å². The molecular formula is C23H29FN2O4. The molecule has 0 heterocycles. The Hall–Kier alpha value is -3.09. The van der Waals surface area contributed by atoms with Crippen LogP contribution >= 0.6 is 0 Å². The van der Waals surface area contributed by atoms with Crippen LogP contribution in [0, 0.1) is 5.82 Å². The normalized spacial score (nSPS) is 12.1. The maximum Gasteiger partial charge on any atom is 0.261 e. The van der Waals surface area contributed by atoms with E-state index < -0.39 is 23.3 Å². The van der Waals surface area contributed by atoms with Crippen LogP contribution in [0.3, 0.4) is 0 Å². The standard InChI is InChI=1S/C23H29FN2O4/c1-16(22(28)25-23(2,3)4)26(14-17-10-12-18(29-5)13-11-17)21(27)15-30-20-9-7-6-8-19(20)24/h6-13,16H,14-15H2,1-5H3,(H,25,28). The summed E-state index contributed by atoms with van der Waals surface area (Å²) in [7, 11) is 1.57. The summed E-state index contributed by atoms with van der Waals surface area (Å²) in [5.74, 6) is -0.577. The van der Waals surface area contributed by atoms with Crippen LogP contribution < -0.4 is 14.8 Å². The largest absolute Gasteiger partial charge is 0.497 e. The number of nitrogens with one attached hydrogen (secondary N) is 1. The first-order chi connectivity index (χ1) is 14.1. The van der Waals surface area contributed by atoms with E-state index in [-0.39, 0.29) is 24.8 Å². The zero-order chi connectivity index (χ0) is 22.3. The molecule has 30 heavy (non-hydrogen) atoms. The van der Waals surface area contributed by atoms with Gasteiger partial charge < -0.3 is 19.7 Å². The molecule has 7 heteroatoms. The Morgan fingerprint density at radius 1 is 1.10 bits per heavy atom. The van der Waals surface area contributed by atoms with Gasteiger partial charge in [0.1, 0.15) is 11.8 Å². The van der Waals surface area contributed by atoms with Gasteiger partial charge in [-0.15, -0.1) is 0 Å². The van der Waals surface area contributed by atoms with Gasteiger partial charge in [0.05, 0.1) is 7.11 Å². The molecule has 0 radical (unpaired) electrons. The number of rotatable bonds is 8. The summed E-state index contributed by atoms with van der Waals surface area (Å²) in [6, 6.07) is 12.3. The molecule has 0 aromatic heterocycles. The van der Waals surface area contributed by atoms with Crippen LogP contribution in [-0.2, 0) is 16.1 Å². The van der Waals surface area contributed by atoms with E-state index in [1.165, 1.54) is 17.0 Å². The summed E-state index contributed by atoms with van der Waals surface area (Å²) >= 11 is 0. The Bertz CT molecular complexity index is 862. The number of methoxy groups -OCH3 is 1. The minimum atomic E-state index is -0.747. The van der Waals surface area contributed by atoms with Crippen LogP contribution in [0.4, 0.5) is 4.39 Å². The summed E-state index contributed by atoms with van der Waals surface area (Å²) in [6.45, 7) is 7.08. The number of benzene rings is 2. The number of hydrogen-bond donors (Lipinski definition) is 1. The lowest BCUT2D eigenvalue weighted by Crippen LogP contribution is -2.53. The van der Waals surface area contributed by atoms with E-state index in [0.29, 0.717) is 5.75 Å². The first kappa shape index (κ1) is 23.2. The number of ether oxygens (including phenoxy) is 2. The van der Waals surface area contributed by atoms with Gasteiger partial charge in [0.15, 0.2) is 18.2 Å². The van der Waals surface area contributed by atoms with Crippen molar-refractivity contribution in [3.05, 3.63) is 59.9 Å². The fourth-order valence-corrected chi connectivity index (χ4v) is 2.77. The second kappa shape index (κ2) is 10.1. The third-order valence-corrected chi connectivity index (χ3v) is 4.37. The molecule has 0 fully saturated rings. The summed E-state index contributed by atoms with van der Waals surface area (Å²) in [5.41, 5.74) is 0.384. The lowest BCUT2D eigenvalue weighted by molar-refractivity contribution is -0.142. The van der Waals surface area contributed by atoms with Gasteiger partial charge in [-0.05, 0) is 57.5 Å². The van der Waals surface area contributed by atoms with E-state index in [1.807, 2.05) is 32.9 Å². The minimum Gasteiger partial charge on any atom is -0.497 e. The van der Waals surface area contributed by atoms with Crippen LogP contribution in [0.2, 0.25) is 0 Å². The van der Waals surface area contributed by atoms with E-state index in [1.54, 1.807) is 38.3 Å².